The molecule has 0 spiro atoms. The average molecular weight is 628 g/mol. The molecule has 0 aliphatic rings. The van der Waals surface area contributed by atoms with Gasteiger partial charge in [0.15, 0.2) is 0 Å². The minimum atomic E-state index is 0.859. The van der Waals surface area contributed by atoms with Gasteiger partial charge in [-0.15, -0.1) is 0 Å². The van der Waals surface area contributed by atoms with Crippen LogP contribution in [0.25, 0.3) is 76.9 Å². The Hall–Kier alpha value is -6.58. The highest BCUT2D eigenvalue weighted by Crippen LogP contribution is 2.46. The van der Waals surface area contributed by atoms with Crippen molar-refractivity contribution in [1.29, 1.82) is 0 Å². The maximum atomic E-state index is 6.39. The summed E-state index contributed by atoms with van der Waals surface area (Å²) in [7, 11) is 0. The van der Waals surface area contributed by atoms with Crippen molar-refractivity contribution in [3.05, 3.63) is 176 Å². The Labute approximate surface area is 282 Å². The standard InChI is InChI=1S/C46H29NO2/c1-3-12-30(13-4-1)36-25-24-35(29-39(36)31-14-5-2-6-15-31)47(41-18-11-21-44-46(41)38-17-8-10-20-43(38)48-44)34-23-22-32-27-40-37-16-7-9-19-42(37)49-45(40)28-33(32)26-34/h1-29H. The zero-order chi connectivity index (χ0) is 32.3. The van der Waals surface area contributed by atoms with Crippen molar-refractivity contribution in [3.63, 3.8) is 0 Å². The molecule has 0 fully saturated rings. The van der Waals surface area contributed by atoms with Crippen LogP contribution < -0.4 is 4.90 Å². The number of hydrogen-bond donors (Lipinski definition) is 0. The number of anilines is 3. The summed E-state index contributed by atoms with van der Waals surface area (Å²) in [6.07, 6.45) is 0. The Morgan fingerprint density at radius 3 is 1.76 bits per heavy atom. The first-order chi connectivity index (χ1) is 24.3. The van der Waals surface area contributed by atoms with Crippen molar-refractivity contribution in [2.24, 2.45) is 0 Å². The first kappa shape index (κ1) is 27.5. The SMILES string of the molecule is c1ccc(-c2ccc(N(c3ccc4cc5c(cc4c3)oc3ccccc35)c3cccc4oc5ccccc5c34)cc2-c2ccccc2)cc1. The molecule has 0 atom stereocenters. The number of fused-ring (bicyclic) bond motifs is 7. The second-order valence-corrected chi connectivity index (χ2v) is 12.5. The Kier molecular flexibility index (Phi) is 6.18. The quantitative estimate of drug-likeness (QED) is 0.190. The second kappa shape index (κ2) is 11.0. The lowest BCUT2D eigenvalue weighted by Gasteiger charge is -2.28. The Morgan fingerprint density at radius 2 is 0.959 bits per heavy atom. The van der Waals surface area contributed by atoms with E-state index in [1.165, 1.54) is 27.6 Å². The van der Waals surface area contributed by atoms with Crippen molar-refractivity contribution in [2.75, 3.05) is 4.90 Å². The first-order valence-electron chi connectivity index (χ1n) is 16.6. The predicted octanol–water partition coefficient (Wildman–Crippen LogP) is 13.4. The third-order valence-corrected chi connectivity index (χ3v) is 9.63. The van der Waals surface area contributed by atoms with E-state index in [0.29, 0.717) is 0 Å². The molecule has 3 nitrogen and oxygen atoms in total. The van der Waals surface area contributed by atoms with Gasteiger partial charge in [0.25, 0.3) is 0 Å². The monoisotopic (exact) mass is 627 g/mol. The van der Waals surface area contributed by atoms with Crippen LogP contribution in [0.3, 0.4) is 0 Å². The number of rotatable bonds is 5. The van der Waals surface area contributed by atoms with Gasteiger partial charge in [-0.2, -0.15) is 0 Å². The Morgan fingerprint density at radius 1 is 0.347 bits per heavy atom. The molecule has 0 amide bonds. The molecule has 0 saturated heterocycles. The van der Waals surface area contributed by atoms with E-state index in [1.54, 1.807) is 0 Å². The molecule has 0 bridgehead atoms. The van der Waals surface area contributed by atoms with Crippen molar-refractivity contribution in [1.82, 2.24) is 0 Å². The predicted molar refractivity (Wildman–Crippen MR) is 204 cm³/mol. The van der Waals surface area contributed by atoms with Crippen LogP contribution in [0.2, 0.25) is 0 Å². The summed E-state index contributed by atoms with van der Waals surface area (Å²) < 4.78 is 12.7. The summed E-state index contributed by atoms with van der Waals surface area (Å²) >= 11 is 0. The van der Waals surface area contributed by atoms with Gasteiger partial charge in [0.2, 0.25) is 0 Å². The van der Waals surface area contributed by atoms with Crippen molar-refractivity contribution < 1.29 is 8.83 Å². The second-order valence-electron chi connectivity index (χ2n) is 12.5. The number of para-hydroxylation sites is 2. The van der Waals surface area contributed by atoms with Gasteiger partial charge in [-0.25, -0.2) is 0 Å². The molecule has 2 aromatic heterocycles. The van der Waals surface area contributed by atoms with E-state index in [4.69, 9.17) is 8.83 Å². The lowest BCUT2D eigenvalue weighted by Crippen LogP contribution is -2.10. The van der Waals surface area contributed by atoms with Gasteiger partial charge >= 0.3 is 0 Å². The van der Waals surface area contributed by atoms with E-state index in [0.717, 1.165) is 66.3 Å². The topological polar surface area (TPSA) is 29.5 Å². The maximum Gasteiger partial charge on any atom is 0.137 e. The number of furan rings is 2. The highest BCUT2D eigenvalue weighted by molar-refractivity contribution is 6.14. The summed E-state index contributed by atoms with van der Waals surface area (Å²) in [5.74, 6) is 0. The van der Waals surface area contributed by atoms with Crippen LogP contribution in [0.15, 0.2) is 185 Å². The highest BCUT2D eigenvalue weighted by atomic mass is 16.3. The van der Waals surface area contributed by atoms with E-state index >= 15 is 0 Å². The fourth-order valence-electron chi connectivity index (χ4n) is 7.36. The number of nitrogens with zero attached hydrogens (tertiary/aromatic N) is 1. The van der Waals surface area contributed by atoms with Gasteiger partial charge < -0.3 is 13.7 Å². The van der Waals surface area contributed by atoms with Gasteiger partial charge in [0, 0.05) is 27.5 Å². The first-order valence-corrected chi connectivity index (χ1v) is 16.6. The van der Waals surface area contributed by atoms with Gasteiger partial charge in [-0.1, -0.05) is 115 Å². The van der Waals surface area contributed by atoms with E-state index in [-0.39, 0.29) is 0 Å². The largest absolute Gasteiger partial charge is 0.456 e. The number of benzene rings is 8. The van der Waals surface area contributed by atoms with Crippen LogP contribution in [0.4, 0.5) is 17.1 Å². The molecule has 0 unspecified atom stereocenters. The molecular formula is C46H29NO2. The highest BCUT2D eigenvalue weighted by Gasteiger charge is 2.21. The molecule has 0 saturated carbocycles. The van der Waals surface area contributed by atoms with Gasteiger partial charge in [-0.05, 0) is 93.7 Å². The van der Waals surface area contributed by atoms with E-state index in [9.17, 15) is 0 Å². The molecule has 0 N–H and O–H groups in total. The molecule has 10 rings (SSSR count). The van der Waals surface area contributed by atoms with Crippen LogP contribution in [-0.2, 0) is 0 Å². The molecule has 10 aromatic rings. The lowest BCUT2D eigenvalue weighted by molar-refractivity contribution is 0.669. The van der Waals surface area contributed by atoms with E-state index in [2.05, 4.69) is 157 Å². The summed E-state index contributed by atoms with van der Waals surface area (Å²) in [4.78, 5) is 2.37. The molecule has 0 aliphatic heterocycles. The van der Waals surface area contributed by atoms with Crippen LogP contribution in [0.1, 0.15) is 0 Å². The third-order valence-electron chi connectivity index (χ3n) is 9.63. The zero-order valence-electron chi connectivity index (χ0n) is 26.5. The fraction of sp³-hybridized carbons (Fsp3) is 0. The van der Waals surface area contributed by atoms with Gasteiger partial charge in [-0.3, -0.25) is 0 Å². The minimum Gasteiger partial charge on any atom is -0.456 e. The van der Waals surface area contributed by atoms with Crippen LogP contribution in [-0.4, -0.2) is 0 Å². The summed E-state index contributed by atoms with van der Waals surface area (Å²) in [6.45, 7) is 0. The maximum absolute atomic E-state index is 6.39. The normalized spacial score (nSPS) is 11.7. The number of hydrogen-bond acceptors (Lipinski definition) is 3. The molecule has 3 heteroatoms. The summed E-state index contributed by atoms with van der Waals surface area (Å²) in [6, 6.07) is 62.1. The van der Waals surface area contributed by atoms with E-state index < -0.39 is 0 Å². The van der Waals surface area contributed by atoms with Crippen molar-refractivity contribution in [3.8, 4) is 22.3 Å². The third kappa shape index (κ3) is 4.51. The summed E-state index contributed by atoms with van der Waals surface area (Å²) in [5.41, 5.74) is 11.4. The molecular weight excluding hydrogens is 599 g/mol. The van der Waals surface area contributed by atoms with Crippen LogP contribution in [0.5, 0.6) is 0 Å². The lowest BCUT2D eigenvalue weighted by atomic mass is 9.93. The molecule has 2 heterocycles. The molecule has 0 aliphatic carbocycles. The van der Waals surface area contributed by atoms with Gasteiger partial charge in [0.05, 0.1) is 11.1 Å². The Balaban J connectivity index is 1.24. The van der Waals surface area contributed by atoms with E-state index in [1.807, 2.05) is 24.3 Å². The minimum absolute atomic E-state index is 0.859. The average Bonchev–Trinajstić information content (AvgIpc) is 3.73. The molecule has 8 aromatic carbocycles. The summed E-state index contributed by atoms with van der Waals surface area (Å²) in [5, 5.41) is 6.72. The zero-order valence-corrected chi connectivity index (χ0v) is 26.5. The molecule has 0 radical (unpaired) electrons. The van der Waals surface area contributed by atoms with Crippen molar-refractivity contribution >= 4 is 71.7 Å². The van der Waals surface area contributed by atoms with Crippen LogP contribution in [0, 0.1) is 0 Å². The molecule has 230 valence electrons. The fourth-order valence-corrected chi connectivity index (χ4v) is 7.36. The molecule has 49 heavy (non-hydrogen) atoms. The Bertz CT molecular complexity index is 2830. The van der Waals surface area contributed by atoms with Gasteiger partial charge in [0.1, 0.15) is 22.3 Å². The van der Waals surface area contributed by atoms with Crippen molar-refractivity contribution in [2.45, 2.75) is 0 Å². The smallest absolute Gasteiger partial charge is 0.137 e. The van der Waals surface area contributed by atoms with Crippen LogP contribution >= 0.6 is 0 Å².